The van der Waals surface area contributed by atoms with Gasteiger partial charge in [-0.3, -0.25) is 19.5 Å². The number of carbonyl (C=O) groups excluding carboxylic acids is 3. The maximum Gasteiger partial charge on any atom is 0.338 e. The van der Waals surface area contributed by atoms with Gasteiger partial charge < -0.3 is 15.2 Å². The first-order valence-electron chi connectivity index (χ1n) is 13.0. The van der Waals surface area contributed by atoms with E-state index in [1.807, 2.05) is 17.5 Å². The van der Waals surface area contributed by atoms with Gasteiger partial charge in [0.25, 0.3) is 0 Å². The molecule has 40 heavy (non-hydrogen) atoms. The third-order valence-electron chi connectivity index (χ3n) is 7.09. The summed E-state index contributed by atoms with van der Waals surface area (Å²) >= 11 is 1.44. The normalized spacial score (nSPS) is 20.8. The number of allylic oxidation sites excluding steroid dienone is 2. The van der Waals surface area contributed by atoms with Gasteiger partial charge in [-0.25, -0.2) is 9.18 Å². The van der Waals surface area contributed by atoms with Crippen LogP contribution in [-0.4, -0.2) is 35.9 Å². The Bertz CT molecular complexity index is 1490. The summed E-state index contributed by atoms with van der Waals surface area (Å²) in [6.45, 7) is 3.55. The zero-order chi connectivity index (χ0) is 28.4. The minimum atomic E-state index is -1.13. The second kappa shape index (κ2) is 11.4. The summed E-state index contributed by atoms with van der Waals surface area (Å²) in [5.41, 5.74) is 8.58. The number of aromatic nitrogens is 1. The Hall–Kier alpha value is -4.31. The number of nitrogens with zero attached hydrogens (tertiary/aromatic N) is 2. The number of carbonyl (C=O) groups is 3. The molecule has 1 aliphatic carbocycles. The van der Waals surface area contributed by atoms with Crippen LogP contribution in [0.3, 0.4) is 0 Å². The molecule has 0 amide bonds. The molecule has 3 unspecified atom stereocenters. The van der Waals surface area contributed by atoms with Crippen LogP contribution in [0.1, 0.15) is 42.5 Å². The van der Waals surface area contributed by atoms with Crippen LogP contribution in [0.4, 0.5) is 10.1 Å². The molecule has 10 heteroatoms. The molecule has 0 spiro atoms. The molecule has 3 aromatic rings. The first-order valence-corrected chi connectivity index (χ1v) is 13.8. The lowest BCUT2D eigenvalue weighted by Gasteiger charge is -2.43. The van der Waals surface area contributed by atoms with E-state index in [1.54, 1.807) is 43.3 Å². The zero-order valence-electron chi connectivity index (χ0n) is 22.0. The molecule has 206 valence electrons. The highest BCUT2D eigenvalue weighted by Gasteiger charge is 2.51. The van der Waals surface area contributed by atoms with Crippen LogP contribution in [-0.2, 0) is 23.9 Å². The molecular formula is C30H28FN3O5S. The number of hydrogen-bond acceptors (Lipinski definition) is 9. The number of anilines is 1. The SMILES string of the molecule is CCOC(=O)C1=C(N)N(c2ccc(F)cc2)C2=C(C(=O)C(C(=O)OCC)C(c3cccs3)C2)C1c1cccnc1. The number of Topliss-reactive ketones (excluding diaryl/α,β-unsaturated/α-hetero) is 1. The van der Waals surface area contributed by atoms with Crippen molar-refractivity contribution in [1.82, 2.24) is 4.98 Å². The van der Waals surface area contributed by atoms with Crippen molar-refractivity contribution in [3.63, 3.8) is 0 Å². The number of halogens is 1. The molecule has 3 heterocycles. The van der Waals surface area contributed by atoms with Crippen LogP contribution in [0.2, 0.25) is 0 Å². The number of ether oxygens (including phenoxy) is 2. The fourth-order valence-electron chi connectivity index (χ4n) is 5.47. The highest BCUT2D eigenvalue weighted by Crippen LogP contribution is 2.52. The summed E-state index contributed by atoms with van der Waals surface area (Å²) in [5, 5.41) is 1.89. The predicted octanol–water partition coefficient (Wildman–Crippen LogP) is 4.81. The Balaban J connectivity index is 1.80. The van der Waals surface area contributed by atoms with E-state index in [4.69, 9.17) is 15.2 Å². The molecule has 0 saturated carbocycles. The van der Waals surface area contributed by atoms with Gasteiger partial charge in [-0.05, 0) is 67.6 Å². The number of hydrogen-bond donors (Lipinski definition) is 1. The van der Waals surface area contributed by atoms with Gasteiger partial charge in [0.2, 0.25) is 0 Å². The van der Waals surface area contributed by atoms with Crippen LogP contribution in [0, 0.1) is 11.7 Å². The highest BCUT2D eigenvalue weighted by atomic mass is 32.1. The zero-order valence-corrected chi connectivity index (χ0v) is 22.8. The minimum Gasteiger partial charge on any atom is -0.465 e. The van der Waals surface area contributed by atoms with E-state index >= 15 is 0 Å². The molecule has 5 rings (SSSR count). The number of rotatable bonds is 7. The van der Waals surface area contributed by atoms with Crippen molar-refractivity contribution in [3.8, 4) is 0 Å². The van der Waals surface area contributed by atoms with Gasteiger partial charge in [0.05, 0.1) is 24.7 Å². The lowest BCUT2D eigenvalue weighted by atomic mass is 9.68. The van der Waals surface area contributed by atoms with Crippen LogP contribution in [0.15, 0.2) is 89.0 Å². The molecule has 3 atom stereocenters. The van der Waals surface area contributed by atoms with Crippen molar-refractivity contribution in [1.29, 1.82) is 0 Å². The third-order valence-corrected chi connectivity index (χ3v) is 8.09. The molecule has 8 nitrogen and oxygen atoms in total. The van der Waals surface area contributed by atoms with Crippen molar-refractivity contribution in [2.24, 2.45) is 11.7 Å². The fraction of sp³-hybridized carbons (Fsp3) is 0.267. The monoisotopic (exact) mass is 561 g/mol. The largest absolute Gasteiger partial charge is 0.465 e. The van der Waals surface area contributed by atoms with Crippen LogP contribution in [0.25, 0.3) is 0 Å². The topological polar surface area (TPSA) is 112 Å². The molecule has 2 aliphatic rings. The Morgan fingerprint density at radius 3 is 2.48 bits per heavy atom. The smallest absolute Gasteiger partial charge is 0.338 e. The quantitative estimate of drug-likeness (QED) is 0.323. The van der Waals surface area contributed by atoms with Crippen molar-refractivity contribution in [3.05, 3.63) is 105 Å². The van der Waals surface area contributed by atoms with E-state index in [-0.39, 0.29) is 36.6 Å². The average Bonchev–Trinajstić information content (AvgIpc) is 3.49. The number of thiophene rings is 1. The summed E-state index contributed by atoms with van der Waals surface area (Å²) in [6, 6.07) is 12.8. The summed E-state index contributed by atoms with van der Waals surface area (Å²) < 4.78 is 24.7. The lowest BCUT2D eigenvalue weighted by Crippen LogP contribution is -2.46. The van der Waals surface area contributed by atoms with Gasteiger partial charge in [-0.1, -0.05) is 12.1 Å². The summed E-state index contributed by atoms with van der Waals surface area (Å²) in [7, 11) is 0. The Labute approximate surface area is 234 Å². The van der Waals surface area contributed by atoms with Crippen molar-refractivity contribution in [2.75, 3.05) is 18.1 Å². The second-order valence-corrected chi connectivity index (χ2v) is 10.3. The fourth-order valence-corrected chi connectivity index (χ4v) is 6.34. The van der Waals surface area contributed by atoms with Crippen LogP contribution in [0.5, 0.6) is 0 Å². The van der Waals surface area contributed by atoms with E-state index in [9.17, 15) is 18.8 Å². The van der Waals surface area contributed by atoms with Gasteiger partial charge in [0, 0.05) is 40.1 Å². The Morgan fingerprint density at radius 1 is 1.10 bits per heavy atom. The molecule has 0 bridgehead atoms. The van der Waals surface area contributed by atoms with Gasteiger partial charge in [-0.2, -0.15) is 0 Å². The summed E-state index contributed by atoms with van der Waals surface area (Å²) in [5.74, 6) is -4.78. The molecule has 0 radical (unpaired) electrons. The predicted molar refractivity (Wildman–Crippen MR) is 148 cm³/mol. The molecule has 2 aromatic heterocycles. The van der Waals surface area contributed by atoms with E-state index in [2.05, 4.69) is 4.98 Å². The van der Waals surface area contributed by atoms with E-state index in [1.165, 1.54) is 35.6 Å². The summed E-state index contributed by atoms with van der Waals surface area (Å²) in [4.78, 5) is 48.0. The third kappa shape index (κ3) is 4.79. The van der Waals surface area contributed by atoms with Gasteiger partial charge in [-0.15, -0.1) is 11.3 Å². The van der Waals surface area contributed by atoms with Crippen LogP contribution >= 0.6 is 11.3 Å². The lowest BCUT2D eigenvalue weighted by molar-refractivity contribution is -0.152. The standard InChI is InChI=1S/C30H28FN3O5S/c1-3-38-29(36)24-20(22-8-6-14-40-22)15-21-25(27(24)35)23(17-7-5-13-33-16-17)26(30(37)39-4-2)28(32)34(21)19-11-9-18(31)10-12-19/h5-14,16,20,23-24H,3-4,15,32H2,1-2H3. The summed E-state index contributed by atoms with van der Waals surface area (Å²) in [6.07, 6.45) is 3.39. The van der Waals surface area contributed by atoms with Gasteiger partial charge in [0.1, 0.15) is 17.6 Å². The molecule has 0 saturated heterocycles. The average molecular weight is 562 g/mol. The first kappa shape index (κ1) is 27.3. The highest BCUT2D eigenvalue weighted by molar-refractivity contribution is 7.10. The van der Waals surface area contributed by atoms with Crippen molar-refractivity contribution in [2.45, 2.75) is 32.1 Å². The number of pyridine rings is 1. The van der Waals surface area contributed by atoms with Crippen LogP contribution < -0.4 is 10.6 Å². The number of nitrogens with two attached hydrogens (primary N) is 1. The van der Waals surface area contributed by atoms with Crippen molar-refractivity contribution < 1.29 is 28.2 Å². The molecule has 1 aliphatic heterocycles. The molecule has 0 fully saturated rings. The first-order chi connectivity index (χ1) is 19.4. The van der Waals surface area contributed by atoms with Gasteiger partial charge in [0.15, 0.2) is 5.78 Å². The van der Waals surface area contributed by atoms with E-state index in [0.717, 1.165) is 4.88 Å². The number of ketones is 1. The number of benzene rings is 1. The van der Waals surface area contributed by atoms with E-state index < -0.39 is 41.3 Å². The minimum absolute atomic E-state index is 0.0449. The maximum absolute atomic E-state index is 14.6. The van der Waals surface area contributed by atoms with Gasteiger partial charge >= 0.3 is 11.9 Å². The number of esters is 2. The maximum atomic E-state index is 14.6. The van der Waals surface area contributed by atoms with Crippen molar-refractivity contribution >= 4 is 34.7 Å². The molecule has 1 aromatic carbocycles. The van der Waals surface area contributed by atoms with E-state index in [0.29, 0.717) is 16.9 Å². The molecular weight excluding hydrogens is 533 g/mol. The second-order valence-electron chi connectivity index (χ2n) is 9.33. The Morgan fingerprint density at radius 2 is 1.85 bits per heavy atom. The molecule has 2 N–H and O–H groups in total. The Kier molecular flexibility index (Phi) is 7.79.